The minimum atomic E-state index is -1.21. The Morgan fingerprint density at radius 2 is 1.86 bits per heavy atom. The number of aliphatic carboxylic acids is 1. The number of nitrogens with one attached hydrogen (secondary N) is 1. The lowest BCUT2D eigenvalue weighted by atomic mass is 10.1. The Hall–Kier alpha value is -2.74. The van der Waals surface area contributed by atoms with Crippen LogP contribution in [0.4, 0.5) is 5.00 Å². The molecule has 1 unspecified atom stereocenters. The molecule has 21 heavy (non-hydrogen) atoms. The summed E-state index contributed by atoms with van der Waals surface area (Å²) in [4.78, 5) is 33.3. The van der Waals surface area contributed by atoms with E-state index in [1.54, 1.807) is 30.3 Å². The van der Waals surface area contributed by atoms with E-state index in [1.165, 1.54) is 12.1 Å². The highest BCUT2D eigenvalue weighted by atomic mass is 32.1. The maximum Gasteiger partial charge on any atom is 0.330 e. The molecule has 1 aromatic heterocycles. The fourth-order valence-corrected chi connectivity index (χ4v) is 2.41. The molecule has 1 aromatic carbocycles. The maximum atomic E-state index is 12.0. The molecule has 0 aliphatic rings. The van der Waals surface area contributed by atoms with Crippen LogP contribution in [0.15, 0.2) is 42.5 Å². The minimum Gasteiger partial charge on any atom is -0.479 e. The summed E-state index contributed by atoms with van der Waals surface area (Å²) in [5.74, 6) is -1.87. The van der Waals surface area contributed by atoms with Gasteiger partial charge in [-0.25, -0.2) is 4.79 Å². The fraction of sp³-hybridized carbons (Fsp3) is 0.0769. The van der Waals surface area contributed by atoms with Crippen molar-refractivity contribution in [2.75, 3.05) is 0 Å². The van der Waals surface area contributed by atoms with Gasteiger partial charge in [0.1, 0.15) is 0 Å². The molecule has 0 spiro atoms. The van der Waals surface area contributed by atoms with Gasteiger partial charge in [0, 0.05) is 6.07 Å². The van der Waals surface area contributed by atoms with Crippen molar-refractivity contribution in [3.05, 3.63) is 63.0 Å². The summed E-state index contributed by atoms with van der Waals surface area (Å²) in [6.07, 6.45) is 0. The molecule has 0 saturated carbocycles. The third-order valence-corrected chi connectivity index (χ3v) is 3.69. The molecule has 7 nitrogen and oxygen atoms in total. The Bertz CT molecular complexity index is 683. The number of amides is 1. The molecule has 8 heteroatoms. The zero-order valence-corrected chi connectivity index (χ0v) is 11.4. The molecule has 0 fully saturated rings. The molecule has 1 heterocycles. The van der Waals surface area contributed by atoms with E-state index in [1.807, 2.05) is 0 Å². The van der Waals surface area contributed by atoms with Gasteiger partial charge < -0.3 is 10.4 Å². The van der Waals surface area contributed by atoms with Crippen molar-refractivity contribution in [2.24, 2.45) is 0 Å². The van der Waals surface area contributed by atoms with Crippen molar-refractivity contribution >= 4 is 28.2 Å². The highest BCUT2D eigenvalue weighted by Gasteiger charge is 2.24. The Morgan fingerprint density at radius 3 is 2.38 bits per heavy atom. The molecule has 2 rings (SSSR count). The lowest BCUT2D eigenvalue weighted by molar-refractivity contribution is -0.380. The monoisotopic (exact) mass is 306 g/mol. The van der Waals surface area contributed by atoms with Crippen LogP contribution in [0.3, 0.4) is 0 Å². The zero-order chi connectivity index (χ0) is 15.4. The van der Waals surface area contributed by atoms with Crippen LogP contribution in [0.5, 0.6) is 0 Å². The largest absolute Gasteiger partial charge is 0.479 e. The van der Waals surface area contributed by atoms with E-state index < -0.39 is 22.8 Å². The number of nitro groups is 1. The van der Waals surface area contributed by atoms with E-state index in [4.69, 9.17) is 0 Å². The smallest absolute Gasteiger partial charge is 0.330 e. The van der Waals surface area contributed by atoms with Gasteiger partial charge in [-0.3, -0.25) is 14.9 Å². The average Bonchev–Trinajstić information content (AvgIpc) is 2.95. The van der Waals surface area contributed by atoms with Crippen molar-refractivity contribution in [1.29, 1.82) is 0 Å². The standard InChI is InChI=1S/C13H10N2O5S/c16-12(9-6-7-10(21-9)15(19)20)14-11(13(17)18)8-4-2-1-3-5-8/h1-7,11H,(H,14,16)(H,17,18). The third-order valence-electron chi connectivity index (χ3n) is 2.65. The number of carboxylic acid groups (broad SMARTS) is 1. The molecule has 0 aliphatic carbocycles. The molecule has 0 saturated heterocycles. The summed E-state index contributed by atoms with van der Waals surface area (Å²) < 4.78 is 0. The molecule has 1 atom stereocenters. The summed E-state index contributed by atoms with van der Waals surface area (Å²) in [5.41, 5.74) is 0.421. The van der Waals surface area contributed by atoms with E-state index in [0.29, 0.717) is 16.9 Å². The number of nitrogens with zero attached hydrogens (tertiary/aromatic N) is 1. The van der Waals surface area contributed by atoms with Crippen molar-refractivity contribution in [2.45, 2.75) is 6.04 Å². The van der Waals surface area contributed by atoms with E-state index in [0.717, 1.165) is 0 Å². The highest BCUT2D eigenvalue weighted by Crippen LogP contribution is 2.24. The quantitative estimate of drug-likeness (QED) is 0.650. The van der Waals surface area contributed by atoms with Crippen molar-refractivity contribution < 1.29 is 19.6 Å². The van der Waals surface area contributed by atoms with Crippen LogP contribution in [-0.4, -0.2) is 21.9 Å². The molecule has 2 aromatic rings. The van der Waals surface area contributed by atoms with Gasteiger partial charge >= 0.3 is 11.0 Å². The van der Waals surface area contributed by atoms with Crippen LogP contribution in [0, 0.1) is 10.1 Å². The molecule has 2 N–H and O–H groups in total. The van der Waals surface area contributed by atoms with Crippen LogP contribution in [0.2, 0.25) is 0 Å². The van der Waals surface area contributed by atoms with Crippen molar-refractivity contribution in [3.8, 4) is 0 Å². The summed E-state index contributed by atoms with van der Waals surface area (Å²) in [5, 5.41) is 22.0. The van der Waals surface area contributed by atoms with Gasteiger partial charge in [-0.05, 0) is 11.6 Å². The minimum absolute atomic E-state index is 0.0869. The van der Waals surface area contributed by atoms with Gasteiger partial charge in [-0.15, -0.1) is 0 Å². The Morgan fingerprint density at radius 1 is 1.19 bits per heavy atom. The predicted molar refractivity (Wildman–Crippen MR) is 75.3 cm³/mol. The average molecular weight is 306 g/mol. The molecular weight excluding hydrogens is 296 g/mol. The van der Waals surface area contributed by atoms with Crippen molar-refractivity contribution in [3.63, 3.8) is 0 Å². The molecule has 0 bridgehead atoms. The molecule has 0 aliphatic heterocycles. The van der Waals surface area contributed by atoms with Gasteiger partial charge in [-0.2, -0.15) is 0 Å². The number of carbonyl (C=O) groups is 2. The SMILES string of the molecule is O=C(NC(C(=O)O)c1ccccc1)c1ccc([N+](=O)[O-])s1. The van der Waals surface area contributed by atoms with Crippen LogP contribution in [0.1, 0.15) is 21.3 Å². The van der Waals surface area contributed by atoms with E-state index in [9.17, 15) is 24.8 Å². The van der Waals surface area contributed by atoms with Crippen LogP contribution >= 0.6 is 11.3 Å². The number of thiophene rings is 1. The van der Waals surface area contributed by atoms with Crippen LogP contribution in [-0.2, 0) is 4.79 Å². The number of benzene rings is 1. The summed E-state index contributed by atoms with van der Waals surface area (Å²) >= 11 is 0.694. The second kappa shape index (κ2) is 6.14. The Balaban J connectivity index is 2.19. The second-order valence-corrected chi connectivity index (χ2v) is 5.11. The topological polar surface area (TPSA) is 110 Å². The first-order chi connectivity index (χ1) is 9.99. The maximum absolute atomic E-state index is 12.0. The first-order valence-corrected chi connectivity index (χ1v) is 6.63. The van der Waals surface area contributed by atoms with Gasteiger partial charge in [0.05, 0.1) is 9.80 Å². The molecule has 1 amide bonds. The Labute approximate surface area is 123 Å². The van der Waals surface area contributed by atoms with Crippen LogP contribution < -0.4 is 5.32 Å². The number of hydrogen-bond donors (Lipinski definition) is 2. The van der Waals surface area contributed by atoms with Crippen molar-refractivity contribution in [1.82, 2.24) is 5.32 Å². The normalized spacial score (nSPS) is 11.6. The van der Waals surface area contributed by atoms with E-state index in [-0.39, 0.29) is 9.88 Å². The first-order valence-electron chi connectivity index (χ1n) is 5.82. The van der Waals surface area contributed by atoms with Crippen LogP contribution in [0.25, 0.3) is 0 Å². The van der Waals surface area contributed by atoms with Gasteiger partial charge in [0.2, 0.25) is 0 Å². The predicted octanol–water partition coefficient (Wildman–Crippen LogP) is 2.21. The van der Waals surface area contributed by atoms with Gasteiger partial charge in [-0.1, -0.05) is 41.7 Å². The summed E-state index contributed by atoms with van der Waals surface area (Å²) in [6, 6.07) is 9.50. The number of carbonyl (C=O) groups excluding carboxylic acids is 1. The zero-order valence-electron chi connectivity index (χ0n) is 10.6. The number of rotatable bonds is 5. The lowest BCUT2D eigenvalue weighted by Crippen LogP contribution is -2.33. The molecular formula is C13H10N2O5S. The summed E-state index contributed by atoms with van der Waals surface area (Å²) in [6.45, 7) is 0. The highest BCUT2D eigenvalue weighted by molar-refractivity contribution is 7.17. The molecule has 108 valence electrons. The third kappa shape index (κ3) is 3.42. The molecule has 0 radical (unpaired) electrons. The number of carboxylic acids is 1. The van der Waals surface area contributed by atoms with E-state index in [2.05, 4.69) is 5.32 Å². The van der Waals surface area contributed by atoms with Gasteiger partial charge in [0.25, 0.3) is 5.91 Å². The first kappa shape index (κ1) is 14.7. The fourth-order valence-electron chi connectivity index (χ4n) is 1.68. The summed E-state index contributed by atoms with van der Waals surface area (Å²) in [7, 11) is 0. The van der Waals surface area contributed by atoms with Gasteiger partial charge in [0.15, 0.2) is 6.04 Å². The second-order valence-electron chi connectivity index (χ2n) is 4.05. The Kier molecular flexibility index (Phi) is 4.29. The number of hydrogen-bond acceptors (Lipinski definition) is 5. The lowest BCUT2D eigenvalue weighted by Gasteiger charge is -2.14. The van der Waals surface area contributed by atoms with E-state index >= 15 is 0 Å².